The first-order valence-electron chi connectivity index (χ1n) is 9.21. The number of likely N-dealkylation sites (tertiary alicyclic amines) is 1. The predicted octanol–water partition coefficient (Wildman–Crippen LogP) is 1.39. The van der Waals surface area contributed by atoms with Crippen LogP contribution in [0.15, 0.2) is 36.7 Å². The van der Waals surface area contributed by atoms with Crippen molar-refractivity contribution < 1.29 is 19.5 Å². The van der Waals surface area contributed by atoms with Gasteiger partial charge < -0.3 is 15.3 Å². The Bertz CT molecular complexity index is 892. The Morgan fingerprint density at radius 3 is 2.79 bits per heavy atom. The SMILES string of the molecule is CN1C(=O)CCC(C(=O)NCCc2cccc(C(=O)O)c2)C1c1cnn(C)c1. The van der Waals surface area contributed by atoms with E-state index in [1.54, 1.807) is 42.0 Å². The van der Waals surface area contributed by atoms with Gasteiger partial charge in [-0.1, -0.05) is 12.1 Å². The number of aromatic nitrogens is 2. The lowest BCUT2D eigenvalue weighted by molar-refractivity contribution is -0.141. The Balaban J connectivity index is 1.66. The number of carboxylic acids is 1. The van der Waals surface area contributed by atoms with Gasteiger partial charge in [0.05, 0.1) is 23.7 Å². The lowest BCUT2D eigenvalue weighted by Gasteiger charge is -2.37. The third-order valence-corrected chi connectivity index (χ3v) is 5.15. The number of hydrogen-bond donors (Lipinski definition) is 2. The molecule has 8 nitrogen and oxygen atoms in total. The molecular weight excluding hydrogens is 360 g/mol. The van der Waals surface area contributed by atoms with E-state index < -0.39 is 5.97 Å². The average Bonchev–Trinajstić information content (AvgIpc) is 3.09. The molecule has 0 radical (unpaired) electrons. The fourth-order valence-electron chi connectivity index (χ4n) is 3.68. The zero-order valence-corrected chi connectivity index (χ0v) is 16.0. The van der Waals surface area contributed by atoms with Gasteiger partial charge in [0, 0.05) is 38.8 Å². The molecule has 0 saturated carbocycles. The summed E-state index contributed by atoms with van der Waals surface area (Å²) >= 11 is 0. The summed E-state index contributed by atoms with van der Waals surface area (Å²) < 4.78 is 1.66. The van der Waals surface area contributed by atoms with Crippen LogP contribution in [0, 0.1) is 5.92 Å². The standard InChI is InChI=1S/C20H24N4O4/c1-23-12-15(11-22-23)18-16(6-7-17(25)24(18)2)19(26)21-9-8-13-4-3-5-14(10-13)20(27)28/h3-5,10-12,16,18H,6-9H2,1-2H3,(H,21,26)(H,27,28). The van der Waals surface area contributed by atoms with Crippen LogP contribution in [0.3, 0.4) is 0 Å². The minimum atomic E-state index is -0.972. The van der Waals surface area contributed by atoms with E-state index in [1.807, 2.05) is 12.3 Å². The summed E-state index contributed by atoms with van der Waals surface area (Å²) in [5.74, 6) is -1.41. The number of aromatic carboxylic acids is 1. The maximum Gasteiger partial charge on any atom is 0.335 e. The highest BCUT2D eigenvalue weighted by atomic mass is 16.4. The molecule has 1 aliphatic rings. The molecule has 1 aromatic heterocycles. The fourth-order valence-corrected chi connectivity index (χ4v) is 3.68. The molecule has 1 saturated heterocycles. The van der Waals surface area contributed by atoms with Crippen LogP contribution in [-0.4, -0.2) is 51.2 Å². The van der Waals surface area contributed by atoms with Crippen LogP contribution < -0.4 is 5.32 Å². The number of rotatable bonds is 6. The summed E-state index contributed by atoms with van der Waals surface area (Å²) in [7, 11) is 3.52. The first-order chi connectivity index (χ1) is 13.4. The zero-order chi connectivity index (χ0) is 20.3. The number of aryl methyl sites for hydroxylation is 1. The van der Waals surface area contributed by atoms with Crippen LogP contribution in [0.2, 0.25) is 0 Å². The molecule has 8 heteroatoms. The van der Waals surface area contributed by atoms with Crippen molar-refractivity contribution in [2.24, 2.45) is 13.0 Å². The summed E-state index contributed by atoms with van der Waals surface area (Å²) in [6.45, 7) is 0.399. The number of hydrogen-bond acceptors (Lipinski definition) is 4. The molecule has 0 aliphatic carbocycles. The quantitative estimate of drug-likeness (QED) is 0.783. The molecule has 2 unspecified atom stereocenters. The predicted molar refractivity (Wildman–Crippen MR) is 102 cm³/mol. The van der Waals surface area contributed by atoms with Crippen molar-refractivity contribution >= 4 is 17.8 Å². The number of nitrogens with zero attached hydrogens (tertiary/aromatic N) is 3. The fraction of sp³-hybridized carbons (Fsp3) is 0.400. The molecule has 1 aliphatic heterocycles. The van der Waals surface area contributed by atoms with Crippen LogP contribution in [0.4, 0.5) is 0 Å². The van der Waals surface area contributed by atoms with E-state index in [0.717, 1.165) is 11.1 Å². The molecule has 2 atom stereocenters. The van der Waals surface area contributed by atoms with Crippen LogP contribution >= 0.6 is 0 Å². The van der Waals surface area contributed by atoms with E-state index in [9.17, 15) is 14.4 Å². The van der Waals surface area contributed by atoms with Crippen LogP contribution in [0.1, 0.15) is 40.4 Å². The third-order valence-electron chi connectivity index (χ3n) is 5.15. The lowest BCUT2D eigenvalue weighted by atomic mass is 9.85. The van der Waals surface area contributed by atoms with Gasteiger partial charge in [0.25, 0.3) is 0 Å². The topological polar surface area (TPSA) is 105 Å². The van der Waals surface area contributed by atoms with Gasteiger partial charge in [0.1, 0.15) is 0 Å². The van der Waals surface area contributed by atoms with E-state index in [1.165, 1.54) is 6.07 Å². The Kier molecular flexibility index (Phi) is 5.77. The van der Waals surface area contributed by atoms with E-state index in [4.69, 9.17) is 5.11 Å². The highest BCUT2D eigenvalue weighted by Crippen LogP contribution is 2.35. The summed E-state index contributed by atoms with van der Waals surface area (Å²) in [6.07, 6.45) is 4.88. The Morgan fingerprint density at radius 2 is 2.11 bits per heavy atom. The van der Waals surface area contributed by atoms with Gasteiger partial charge >= 0.3 is 5.97 Å². The molecule has 1 aromatic carbocycles. The second kappa shape index (κ2) is 8.24. The van der Waals surface area contributed by atoms with E-state index in [0.29, 0.717) is 25.8 Å². The normalized spacial score (nSPS) is 19.5. The highest BCUT2D eigenvalue weighted by Gasteiger charge is 2.39. The summed E-state index contributed by atoms with van der Waals surface area (Å²) in [5.41, 5.74) is 1.92. The average molecular weight is 384 g/mol. The highest BCUT2D eigenvalue weighted by molar-refractivity contribution is 5.87. The van der Waals surface area contributed by atoms with Crippen molar-refractivity contribution in [1.82, 2.24) is 20.0 Å². The van der Waals surface area contributed by atoms with Gasteiger partial charge in [-0.25, -0.2) is 4.79 Å². The molecule has 0 spiro atoms. The van der Waals surface area contributed by atoms with Crippen molar-refractivity contribution in [2.45, 2.75) is 25.3 Å². The number of amides is 2. The molecular formula is C20H24N4O4. The number of piperidine rings is 1. The second-order valence-corrected chi connectivity index (χ2v) is 7.09. The molecule has 148 valence electrons. The largest absolute Gasteiger partial charge is 0.478 e. The Hall–Kier alpha value is -3.16. The number of carboxylic acid groups (broad SMARTS) is 1. The van der Waals surface area contributed by atoms with Gasteiger partial charge in [-0.2, -0.15) is 5.10 Å². The summed E-state index contributed by atoms with van der Waals surface area (Å²) in [6, 6.07) is 6.34. The van der Waals surface area contributed by atoms with Crippen molar-refractivity contribution in [3.63, 3.8) is 0 Å². The Labute approximate surface area is 163 Å². The van der Waals surface area contributed by atoms with E-state index in [-0.39, 0.29) is 29.3 Å². The van der Waals surface area contributed by atoms with Gasteiger partial charge in [0.15, 0.2) is 0 Å². The number of carbonyl (C=O) groups excluding carboxylic acids is 2. The van der Waals surface area contributed by atoms with Crippen molar-refractivity contribution in [1.29, 1.82) is 0 Å². The maximum absolute atomic E-state index is 12.8. The first-order valence-corrected chi connectivity index (χ1v) is 9.21. The summed E-state index contributed by atoms with van der Waals surface area (Å²) in [4.78, 5) is 37.7. The molecule has 2 heterocycles. The van der Waals surface area contributed by atoms with Crippen molar-refractivity contribution in [2.75, 3.05) is 13.6 Å². The smallest absolute Gasteiger partial charge is 0.335 e. The molecule has 2 aromatic rings. The minimum absolute atomic E-state index is 0.0170. The van der Waals surface area contributed by atoms with E-state index in [2.05, 4.69) is 10.4 Å². The monoisotopic (exact) mass is 384 g/mol. The van der Waals surface area contributed by atoms with Gasteiger partial charge in [0.2, 0.25) is 11.8 Å². The third kappa shape index (κ3) is 4.21. The molecule has 28 heavy (non-hydrogen) atoms. The van der Waals surface area contributed by atoms with Crippen molar-refractivity contribution in [3.8, 4) is 0 Å². The Morgan fingerprint density at radius 1 is 1.32 bits per heavy atom. The first kappa shape index (κ1) is 19.6. The van der Waals surface area contributed by atoms with Crippen LogP contribution in [0.5, 0.6) is 0 Å². The van der Waals surface area contributed by atoms with Crippen molar-refractivity contribution in [3.05, 3.63) is 53.3 Å². The zero-order valence-electron chi connectivity index (χ0n) is 16.0. The molecule has 1 fully saturated rings. The summed E-state index contributed by atoms with van der Waals surface area (Å²) in [5, 5.41) is 16.2. The molecule has 2 N–H and O–H groups in total. The van der Waals surface area contributed by atoms with Gasteiger partial charge in [-0.3, -0.25) is 14.3 Å². The minimum Gasteiger partial charge on any atom is -0.478 e. The van der Waals surface area contributed by atoms with Gasteiger partial charge in [-0.05, 0) is 30.5 Å². The number of carbonyl (C=O) groups is 3. The van der Waals surface area contributed by atoms with Crippen LogP contribution in [0.25, 0.3) is 0 Å². The number of nitrogens with one attached hydrogen (secondary N) is 1. The lowest BCUT2D eigenvalue weighted by Crippen LogP contribution is -2.46. The molecule has 2 amide bonds. The molecule has 0 bridgehead atoms. The van der Waals surface area contributed by atoms with E-state index >= 15 is 0 Å². The van der Waals surface area contributed by atoms with Gasteiger partial charge in [-0.15, -0.1) is 0 Å². The second-order valence-electron chi connectivity index (χ2n) is 7.09. The maximum atomic E-state index is 12.8. The van der Waals surface area contributed by atoms with Crippen LogP contribution in [-0.2, 0) is 23.1 Å². The molecule has 3 rings (SSSR count). The number of benzene rings is 1.